The van der Waals surface area contributed by atoms with Crippen molar-refractivity contribution < 1.29 is 4.79 Å². The van der Waals surface area contributed by atoms with E-state index >= 15 is 0 Å². The van der Waals surface area contributed by atoms with Crippen molar-refractivity contribution in [2.45, 2.75) is 37.5 Å². The molecule has 1 saturated carbocycles. The third-order valence-corrected chi connectivity index (χ3v) is 7.24. The highest BCUT2D eigenvalue weighted by atomic mass is 35.5. The van der Waals surface area contributed by atoms with Crippen molar-refractivity contribution in [1.29, 1.82) is 0 Å². The molecule has 0 radical (unpaired) electrons. The Morgan fingerprint density at radius 2 is 1.78 bits per heavy atom. The lowest BCUT2D eigenvalue weighted by molar-refractivity contribution is -0.124. The molecule has 142 valence electrons. The quantitative estimate of drug-likeness (QED) is 0.638. The molecule has 4 heteroatoms. The maximum atomic E-state index is 12.5. The van der Waals surface area contributed by atoms with E-state index in [1.54, 1.807) is 6.92 Å². The SMILES string of the molecule is CC(=O)C1(c2ccccc2)CCN(C[C@@H]2C[C@@H]2c2ccc(Cl)c(Cl)c2)CC1. The van der Waals surface area contributed by atoms with Gasteiger partial charge >= 0.3 is 0 Å². The minimum absolute atomic E-state index is 0.299. The second-order valence-electron chi connectivity index (χ2n) is 8.08. The number of halogens is 2. The monoisotopic (exact) mass is 401 g/mol. The molecule has 2 aliphatic rings. The number of benzene rings is 2. The van der Waals surface area contributed by atoms with Gasteiger partial charge in [0.2, 0.25) is 0 Å². The van der Waals surface area contributed by atoms with Gasteiger partial charge in [-0.2, -0.15) is 0 Å². The summed E-state index contributed by atoms with van der Waals surface area (Å²) >= 11 is 12.2. The zero-order valence-corrected chi connectivity index (χ0v) is 17.1. The van der Waals surface area contributed by atoms with E-state index in [9.17, 15) is 4.79 Å². The lowest BCUT2D eigenvalue weighted by Gasteiger charge is -2.40. The van der Waals surface area contributed by atoms with Gasteiger partial charge in [0.05, 0.1) is 15.5 Å². The first-order valence-electron chi connectivity index (χ1n) is 9.73. The molecule has 1 aliphatic heterocycles. The molecule has 0 N–H and O–H groups in total. The third-order valence-electron chi connectivity index (χ3n) is 6.50. The fraction of sp³-hybridized carbons (Fsp3) is 0.435. The van der Waals surface area contributed by atoms with Gasteiger partial charge in [-0.05, 0) is 74.4 Å². The molecule has 2 nitrogen and oxygen atoms in total. The maximum absolute atomic E-state index is 12.5. The number of hydrogen-bond donors (Lipinski definition) is 0. The minimum Gasteiger partial charge on any atom is -0.303 e. The molecule has 1 aliphatic carbocycles. The van der Waals surface area contributed by atoms with Crippen molar-refractivity contribution in [3.05, 3.63) is 69.7 Å². The lowest BCUT2D eigenvalue weighted by Crippen LogP contribution is -2.47. The predicted molar refractivity (Wildman–Crippen MR) is 112 cm³/mol. The molecule has 2 aromatic carbocycles. The van der Waals surface area contributed by atoms with Crippen LogP contribution in [0.4, 0.5) is 0 Å². The van der Waals surface area contributed by atoms with Gasteiger partial charge in [-0.3, -0.25) is 4.79 Å². The fourth-order valence-electron chi connectivity index (χ4n) is 4.65. The van der Waals surface area contributed by atoms with Gasteiger partial charge in [0.25, 0.3) is 0 Å². The summed E-state index contributed by atoms with van der Waals surface area (Å²) < 4.78 is 0. The molecule has 0 spiro atoms. The van der Waals surface area contributed by atoms with Gasteiger partial charge in [-0.15, -0.1) is 0 Å². The van der Waals surface area contributed by atoms with Crippen molar-refractivity contribution >= 4 is 29.0 Å². The predicted octanol–water partition coefficient (Wildman–Crippen LogP) is 5.72. The summed E-state index contributed by atoms with van der Waals surface area (Å²) in [5, 5.41) is 1.27. The molecule has 0 aromatic heterocycles. The molecule has 4 rings (SSSR count). The molecule has 2 atom stereocenters. The number of carbonyl (C=O) groups excluding carboxylic acids is 1. The largest absolute Gasteiger partial charge is 0.303 e. The van der Waals surface area contributed by atoms with Crippen LogP contribution < -0.4 is 0 Å². The van der Waals surface area contributed by atoms with E-state index in [-0.39, 0.29) is 5.41 Å². The highest BCUT2D eigenvalue weighted by Crippen LogP contribution is 2.49. The van der Waals surface area contributed by atoms with Crippen LogP contribution in [0, 0.1) is 5.92 Å². The minimum atomic E-state index is -0.301. The first-order chi connectivity index (χ1) is 13.0. The molecule has 1 saturated heterocycles. The van der Waals surface area contributed by atoms with Crippen molar-refractivity contribution in [2.24, 2.45) is 5.92 Å². The Balaban J connectivity index is 1.37. The van der Waals surface area contributed by atoms with Crippen LogP contribution in [0.3, 0.4) is 0 Å². The van der Waals surface area contributed by atoms with Crippen molar-refractivity contribution in [3.63, 3.8) is 0 Å². The smallest absolute Gasteiger partial charge is 0.140 e. The number of ketones is 1. The Bertz CT molecular complexity index is 828. The van der Waals surface area contributed by atoms with Crippen LogP contribution in [0.1, 0.15) is 43.2 Å². The summed E-state index contributed by atoms with van der Waals surface area (Å²) in [6.45, 7) is 4.83. The van der Waals surface area contributed by atoms with Crippen LogP contribution in [-0.2, 0) is 10.2 Å². The summed E-state index contributed by atoms with van der Waals surface area (Å²) in [6, 6.07) is 16.3. The number of carbonyl (C=O) groups is 1. The number of rotatable bonds is 5. The van der Waals surface area contributed by atoms with E-state index in [2.05, 4.69) is 23.1 Å². The molecule has 27 heavy (non-hydrogen) atoms. The molecule has 0 unspecified atom stereocenters. The zero-order valence-electron chi connectivity index (χ0n) is 15.6. The van der Waals surface area contributed by atoms with Gasteiger partial charge in [0.15, 0.2) is 0 Å². The van der Waals surface area contributed by atoms with Crippen LogP contribution in [0.5, 0.6) is 0 Å². The van der Waals surface area contributed by atoms with Crippen molar-refractivity contribution in [3.8, 4) is 0 Å². The van der Waals surface area contributed by atoms with Gasteiger partial charge in [-0.1, -0.05) is 59.6 Å². The van der Waals surface area contributed by atoms with E-state index in [1.165, 1.54) is 17.5 Å². The van der Waals surface area contributed by atoms with E-state index in [0.29, 0.717) is 27.7 Å². The van der Waals surface area contributed by atoms with Gasteiger partial charge in [0.1, 0.15) is 5.78 Å². The average molecular weight is 402 g/mol. The summed E-state index contributed by atoms with van der Waals surface area (Å²) in [6.07, 6.45) is 3.04. The third kappa shape index (κ3) is 3.81. The van der Waals surface area contributed by atoms with E-state index in [1.807, 2.05) is 30.3 Å². The first kappa shape index (κ1) is 19.0. The van der Waals surface area contributed by atoms with Crippen LogP contribution >= 0.6 is 23.2 Å². The Labute approximate surface area is 171 Å². The molecule has 0 bridgehead atoms. The highest BCUT2D eigenvalue weighted by molar-refractivity contribution is 6.42. The second-order valence-corrected chi connectivity index (χ2v) is 8.90. The van der Waals surface area contributed by atoms with Gasteiger partial charge < -0.3 is 4.90 Å². The van der Waals surface area contributed by atoms with E-state index in [0.717, 1.165) is 32.5 Å². The molecule has 0 amide bonds. The molecular weight excluding hydrogens is 377 g/mol. The zero-order chi connectivity index (χ0) is 19.0. The number of piperidine rings is 1. The Hall–Kier alpha value is -1.35. The summed E-state index contributed by atoms with van der Waals surface area (Å²) in [4.78, 5) is 15.1. The Morgan fingerprint density at radius 3 is 2.41 bits per heavy atom. The number of hydrogen-bond acceptors (Lipinski definition) is 2. The Morgan fingerprint density at radius 1 is 1.07 bits per heavy atom. The normalized spacial score (nSPS) is 24.6. The highest BCUT2D eigenvalue weighted by Gasteiger charge is 2.43. The summed E-state index contributed by atoms with van der Waals surface area (Å²) in [5.74, 6) is 1.57. The summed E-state index contributed by atoms with van der Waals surface area (Å²) in [5.41, 5.74) is 2.18. The topological polar surface area (TPSA) is 20.3 Å². The Kier molecular flexibility index (Phi) is 5.33. The number of likely N-dealkylation sites (tertiary alicyclic amines) is 1. The fourth-order valence-corrected chi connectivity index (χ4v) is 4.96. The second kappa shape index (κ2) is 7.58. The standard InChI is InChI=1S/C23H25Cl2NO/c1-16(27)23(19-5-3-2-4-6-19)9-11-26(12-10-23)15-18-13-20(18)17-7-8-21(24)22(25)14-17/h2-8,14,18,20H,9-13,15H2,1H3/t18-,20+/m0/s1. The molecular formula is C23H25Cl2NO. The van der Waals surface area contributed by atoms with Crippen LogP contribution in [-0.4, -0.2) is 30.3 Å². The van der Waals surface area contributed by atoms with Crippen LogP contribution in [0.25, 0.3) is 0 Å². The van der Waals surface area contributed by atoms with Gasteiger partial charge in [-0.25, -0.2) is 0 Å². The van der Waals surface area contributed by atoms with Gasteiger partial charge in [0, 0.05) is 6.54 Å². The molecule has 1 heterocycles. The van der Waals surface area contributed by atoms with E-state index in [4.69, 9.17) is 23.2 Å². The summed E-state index contributed by atoms with van der Waals surface area (Å²) in [7, 11) is 0. The van der Waals surface area contributed by atoms with Crippen molar-refractivity contribution in [1.82, 2.24) is 4.90 Å². The van der Waals surface area contributed by atoms with Crippen molar-refractivity contribution in [2.75, 3.05) is 19.6 Å². The number of nitrogens with zero attached hydrogens (tertiary/aromatic N) is 1. The molecule has 2 fully saturated rings. The number of Topliss-reactive ketones (excluding diaryl/α,β-unsaturated/α-hetero) is 1. The van der Waals surface area contributed by atoms with Crippen LogP contribution in [0.2, 0.25) is 10.0 Å². The van der Waals surface area contributed by atoms with Crippen LogP contribution in [0.15, 0.2) is 48.5 Å². The first-order valence-corrected chi connectivity index (χ1v) is 10.5. The maximum Gasteiger partial charge on any atom is 0.140 e. The average Bonchev–Trinajstić information content (AvgIpc) is 3.44. The lowest BCUT2D eigenvalue weighted by atomic mass is 9.70. The molecule has 2 aromatic rings. The van der Waals surface area contributed by atoms with E-state index < -0.39 is 0 Å².